The third-order valence-corrected chi connectivity index (χ3v) is 4.69. The van der Waals surface area contributed by atoms with E-state index in [-0.39, 0.29) is 5.78 Å². The number of hydrogen-bond acceptors (Lipinski definition) is 9. The minimum Gasteiger partial charge on any atom is -0.488 e. The first-order valence-electron chi connectivity index (χ1n) is 12.6. The molecule has 0 saturated carbocycles. The van der Waals surface area contributed by atoms with Gasteiger partial charge in [-0.05, 0) is 37.8 Å². The van der Waals surface area contributed by atoms with Crippen molar-refractivity contribution in [2.45, 2.75) is 53.4 Å². The molecule has 0 aliphatic heterocycles. The molecule has 9 nitrogen and oxygen atoms in total. The number of rotatable bonds is 18. The van der Waals surface area contributed by atoms with Crippen molar-refractivity contribution in [3.05, 3.63) is 47.9 Å². The molecule has 0 radical (unpaired) electrons. The Hall–Kier alpha value is -3.33. The van der Waals surface area contributed by atoms with Crippen molar-refractivity contribution in [3.8, 4) is 0 Å². The Bertz CT molecular complexity index is 840. The zero-order chi connectivity index (χ0) is 27.0. The van der Waals surface area contributed by atoms with E-state index in [0.717, 1.165) is 49.7 Å². The van der Waals surface area contributed by atoms with Gasteiger partial charge in [0, 0.05) is 39.0 Å². The number of carbonyl (C=O) groups excluding carboxylic acids is 1. The third kappa shape index (κ3) is 14.8. The first kappa shape index (κ1) is 32.7. The highest BCUT2D eigenvalue weighted by Gasteiger charge is 2.13. The first-order chi connectivity index (χ1) is 17.6. The smallest absolute Gasteiger partial charge is 0.201 e. The highest BCUT2D eigenvalue weighted by molar-refractivity contribution is 6.44. The van der Waals surface area contributed by atoms with Gasteiger partial charge in [-0.15, -0.1) is 0 Å². The molecule has 0 bridgehead atoms. The number of methoxy groups -OCH3 is 1. The summed E-state index contributed by atoms with van der Waals surface area (Å²) >= 11 is 0. The maximum atomic E-state index is 12.3. The molecule has 0 aromatic heterocycles. The molecule has 0 atom stereocenters. The van der Waals surface area contributed by atoms with Crippen LogP contribution in [0.3, 0.4) is 0 Å². The fourth-order valence-corrected chi connectivity index (χ4v) is 2.98. The molecular formula is C27H44N6O3. The van der Waals surface area contributed by atoms with Crippen molar-refractivity contribution in [2.24, 2.45) is 15.2 Å². The Morgan fingerprint density at radius 3 is 2.72 bits per heavy atom. The number of nitrogens with one attached hydrogen (secondary N) is 2. The Balaban J connectivity index is 0.00000596. The molecule has 2 N–H and O–H groups in total. The van der Waals surface area contributed by atoms with Crippen LogP contribution in [0.5, 0.6) is 0 Å². The zero-order valence-corrected chi connectivity index (χ0v) is 22.6. The Labute approximate surface area is 216 Å². The summed E-state index contributed by atoms with van der Waals surface area (Å²) in [5.74, 6) is 0.148. The molecule has 9 heteroatoms. The minimum absolute atomic E-state index is 0.206. The lowest BCUT2D eigenvalue weighted by atomic mass is 9.94. The van der Waals surface area contributed by atoms with Crippen LogP contribution in [0.4, 0.5) is 0 Å². The van der Waals surface area contributed by atoms with Gasteiger partial charge in [-0.25, -0.2) is 0 Å². The van der Waals surface area contributed by atoms with Gasteiger partial charge in [0.25, 0.3) is 0 Å². The number of ketones is 1. The van der Waals surface area contributed by atoms with Crippen LogP contribution < -0.4 is 5.43 Å². The number of carbonyl (C=O) groups is 1. The van der Waals surface area contributed by atoms with E-state index in [1.54, 1.807) is 19.5 Å². The second-order valence-corrected chi connectivity index (χ2v) is 7.35. The van der Waals surface area contributed by atoms with Crippen LogP contribution in [0.2, 0.25) is 0 Å². The molecule has 0 aromatic carbocycles. The number of nitrogens with zero attached hydrogens (tertiary/aromatic N) is 4. The number of ether oxygens (including phenoxy) is 2. The molecule has 36 heavy (non-hydrogen) atoms. The van der Waals surface area contributed by atoms with Crippen LogP contribution in [-0.2, 0) is 14.3 Å². The van der Waals surface area contributed by atoms with Crippen molar-refractivity contribution in [1.29, 1.82) is 5.41 Å². The van der Waals surface area contributed by atoms with Crippen LogP contribution in [0, 0.1) is 5.41 Å². The van der Waals surface area contributed by atoms with Crippen LogP contribution in [0.25, 0.3) is 0 Å². The van der Waals surface area contributed by atoms with Crippen LogP contribution in [0.1, 0.15) is 53.4 Å². The van der Waals surface area contributed by atoms with E-state index in [1.807, 2.05) is 24.9 Å². The second-order valence-electron chi connectivity index (χ2n) is 7.35. The van der Waals surface area contributed by atoms with Gasteiger partial charge in [-0.3, -0.25) is 14.8 Å². The van der Waals surface area contributed by atoms with Crippen molar-refractivity contribution in [1.82, 2.24) is 10.4 Å². The molecule has 0 saturated heterocycles. The quantitative estimate of drug-likeness (QED) is 0.0932. The van der Waals surface area contributed by atoms with Crippen molar-refractivity contribution >= 4 is 30.1 Å². The molecule has 0 fully saturated rings. The summed E-state index contributed by atoms with van der Waals surface area (Å²) in [6.07, 6.45) is 14.6. The number of allylic oxidation sites excluding steroid dienone is 6. The molecule has 0 unspecified atom stereocenters. The maximum absolute atomic E-state index is 12.3. The number of aliphatic imine (C=N–C) groups is 1. The molecule has 0 heterocycles. The third-order valence-electron chi connectivity index (χ3n) is 4.69. The summed E-state index contributed by atoms with van der Waals surface area (Å²) in [6, 6.07) is 0. The summed E-state index contributed by atoms with van der Waals surface area (Å²) in [6.45, 7) is 14.7. The molecule has 200 valence electrons. The molecule has 0 amide bonds. The van der Waals surface area contributed by atoms with E-state index in [1.165, 1.54) is 12.3 Å². The molecule has 0 spiro atoms. The monoisotopic (exact) mass is 500 g/mol. The van der Waals surface area contributed by atoms with Crippen molar-refractivity contribution in [3.63, 3.8) is 0 Å². The SMILES string of the molecule is C=CC(=O)/C(CC1=CC(C=N/C=C(\C=N)OCCOC)=CCC1)=N\NC/C=N\N(CC)CCC.CC. The normalized spacial score (nSPS) is 14.0. The molecule has 1 aliphatic rings. The van der Waals surface area contributed by atoms with E-state index in [9.17, 15) is 4.79 Å². The van der Waals surface area contributed by atoms with Crippen LogP contribution in [-0.4, -0.2) is 75.1 Å². The molecule has 0 aromatic rings. The Morgan fingerprint density at radius 1 is 1.31 bits per heavy atom. The minimum atomic E-state index is -0.206. The van der Waals surface area contributed by atoms with E-state index in [2.05, 4.69) is 47.1 Å². The summed E-state index contributed by atoms with van der Waals surface area (Å²) < 4.78 is 10.3. The average Bonchev–Trinajstić information content (AvgIpc) is 2.91. The van der Waals surface area contributed by atoms with Crippen molar-refractivity contribution < 1.29 is 14.3 Å². The standard InChI is InChI=1S/C25H38N6O3.C2H6/c1-5-13-31(7-3)29-12-11-28-30-24(25(32)6-2)17-21-9-8-10-22(16-21)19-27-20-23(18-26)34-15-14-33-4;1-2/h6,10,12,16,18-20,26,28H,2,5,7-9,11,13-15,17H2,1,3-4H3;1-2H3/b23-20+,26-18?,27-19?,29-12-,30-24-;. The van der Waals surface area contributed by atoms with Crippen LogP contribution in [0.15, 0.2) is 63.1 Å². The van der Waals surface area contributed by atoms with Gasteiger partial charge in [0.05, 0.1) is 25.6 Å². The molecule has 1 aliphatic carbocycles. The molecule has 1 rings (SSSR count). The van der Waals surface area contributed by atoms with Gasteiger partial charge in [-0.2, -0.15) is 10.2 Å². The largest absolute Gasteiger partial charge is 0.488 e. The summed E-state index contributed by atoms with van der Waals surface area (Å²) in [5, 5.41) is 18.1. The fraction of sp³-hybridized carbons (Fsp3) is 0.519. The predicted octanol–water partition coefficient (Wildman–Crippen LogP) is 4.69. The average molecular weight is 501 g/mol. The van der Waals surface area contributed by atoms with Gasteiger partial charge in [0.2, 0.25) is 5.78 Å². The van der Waals surface area contributed by atoms with Gasteiger partial charge in [-0.1, -0.05) is 45.1 Å². The number of hydrogen-bond donors (Lipinski definition) is 2. The summed E-state index contributed by atoms with van der Waals surface area (Å²) in [4.78, 5) is 16.6. The summed E-state index contributed by atoms with van der Waals surface area (Å²) in [7, 11) is 1.59. The zero-order valence-electron chi connectivity index (χ0n) is 22.6. The van der Waals surface area contributed by atoms with Gasteiger partial charge in [0.1, 0.15) is 12.3 Å². The van der Waals surface area contributed by atoms with Gasteiger partial charge in [0.15, 0.2) is 5.76 Å². The lowest BCUT2D eigenvalue weighted by Gasteiger charge is -2.15. The van der Waals surface area contributed by atoms with E-state index in [4.69, 9.17) is 14.9 Å². The lowest BCUT2D eigenvalue weighted by Crippen LogP contribution is -2.21. The predicted molar refractivity (Wildman–Crippen MR) is 151 cm³/mol. The fourth-order valence-electron chi connectivity index (χ4n) is 2.98. The number of hydrazone groups is 2. The van der Waals surface area contributed by atoms with Crippen molar-refractivity contribution in [2.75, 3.05) is 40.0 Å². The second kappa shape index (κ2) is 22.2. The Kier molecular flexibility index (Phi) is 20.1. The Morgan fingerprint density at radius 2 is 2.08 bits per heavy atom. The highest BCUT2D eigenvalue weighted by atomic mass is 16.5. The summed E-state index contributed by atoms with van der Waals surface area (Å²) in [5.41, 5.74) is 5.34. The van der Waals surface area contributed by atoms with Gasteiger partial charge < -0.3 is 20.3 Å². The van der Waals surface area contributed by atoms with Gasteiger partial charge >= 0.3 is 0 Å². The van der Waals surface area contributed by atoms with E-state index in [0.29, 0.717) is 37.7 Å². The maximum Gasteiger partial charge on any atom is 0.201 e. The highest BCUT2D eigenvalue weighted by Crippen LogP contribution is 2.20. The molecular weight excluding hydrogens is 456 g/mol. The van der Waals surface area contributed by atoms with E-state index < -0.39 is 0 Å². The van der Waals surface area contributed by atoms with E-state index >= 15 is 0 Å². The first-order valence-corrected chi connectivity index (χ1v) is 12.6. The topological polar surface area (TPSA) is 112 Å². The van der Waals surface area contributed by atoms with Crippen LogP contribution >= 0.6 is 0 Å². The lowest BCUT2D eigenvalue weighted by molar-refractivity contribution is -0.109.